The Morgan fingerprint density at radius 1 is 1.29 bits per heavy atom. The molecule has 0 amide bonds. The van der Waals surface area contributed by atoms with Crippen LogP contribution < -0.4 is 5.32 Å². The molecule has 0 aliphatic heterocycles. The Morgan fingerprint density at radius 2 is 2.04 bits per heavy atom. The third-order valence-electron chi connectivity index (χ3n) is 4.82. The molecular weight excluding hydrogens is 467 g/mol. The molecule has 1 saturated carbocycles. The number of nitrogens with one attached hydrogen (secondary N) is 1. The first-order valence-corrected chi connectivity index (χ1v) is 9.59. The predicted octanol–water partition coefficient (Wildman–Crippen LogP) is 2.75. The molecule has 7 nitrogen and oxygen atoms in total. The zero-order valence-electron chi connectivity index (χ0n) is 17.0. The molecule has 1 fully saturated rings. The van der Waals surface area contributed by atoms with E-state index < -0.39 is 0 Å². The van der Waals surface area contributed by atoms with Crippen molar-refractivity contribution in [3.63, 3.8) is 0 Å². The maximum Gasteiger partial charge on any atom is 0.194 e. The Morgan fingerprint density at radius 3 is 2.68 bits per heavy atom. The van der Waals surface area contributed by atoms with Gasteiger partial charge in [0.1, 0.15) is 5.82 Å². The number of halogens is 1. The largest absolute Gasteiger partial charge is 0.379 e. The van der Waals surface area contributed by atoms with E-state index in [9.17, 15) is 0 Å². The summed E-state index contributed by atoms with van der Waals surface area (Å²) in [6, 6.07) is 10.3. The molecule has 1 N–H and O–H groups in total. The van der Waals surface area contributed by atoms with Gasteiger partial charge in [0.2, 0.25) is 0 Å². The van der Waals surface area contributed by atoms with Crippen LogP contribution in [0.2, 0.25) is 0 Å². The minimum atomic E-state index is 0. The molecule has 0 unspecified atom stereocenters. The topological polar surface area (TPSA) is 67.6 Å². The lowest BCUT2D eigenvalue weighted by molar-refractivity contribution is 0.115. The van der Waals surface area contributed by atoms with Crippen LogP contribution in [0.5, 0.6) is 0 Å². The number of likely N-dealkylation sites (N-methyl/N-ethyl adjacent to an activating group) is 1. The highest BCUT2D eigenvalue weighted by Gasteiger charge is 2.21. The van der Waals surface area contributed by atoms with E-state index in [1.54, 1.807) is 0 Å². The fourth-order valence-corrected chi connectivity index (χ4v) is 2.67. The Labute approximate surface area is 184 Å². The van der Waals surface area contributed by atoms with E-state index in [-0.39, 0.29) is 24.0 Å². The minimum Gasteiger partial charge on any atom is -0.379 e. The molecule has 0 bridgehead atoms. The summed E-state index contributed by atoms with van der Waals surface area (Å²) >= 11 is 0. The summed E-state index contributed by atoms with van der Waals surface area (Å²) in [5.74, 6) is 3.42. The van der Waals surface area contributed by atoms with Crippen molar-refractivity contribution in [3.05, 3.63) is 47.5 Å². The first-order chi connectivity index (χ1) is 13.1. The number of benzene rings is 1. The summed E-state index contributed by atoms with van der Waals surface area (Å²) in [4.78, 5) is 6.90. The van der Waals surface area contributed by atoms with Crippen LogP contribution in [0.25, 0.3) is 0 Å². The fraction of sp³-hybridized carbons (Fsp3) is 0.550. The molecule has 154 valence electrons. The van der Waals surface area contributed by atoms with Crippen LogP contribution in [0.1, 0.15) is 30.1 Å². The van der Waals surface area contributed by atoms with Crippen molar-refractivity contribution < 1.29 is 4.74 Å². The van der Waals surface area contributed by atoms with Crippen LogP contribution in [-0.2, 0) is 24.9 Å². The van der Waals surface area contributed by atoms with Crippen LogP contribution in [0, 0.1) is 12.8 Å². The predicted molar refractivity (Wildman–Crippen MR) is 122 cm³/mol. The Hall–Kier alpha value is -1.68. The van der Waals surface area contributed by atoms with Gasteiger partial charge in [-0.25, -0.2) is 4.99 Å². The van der Waals surface area contributed by atoms with Gasteiger partial charge in [0.25, 0.3) is 0 Å². The highest BCUT2D eigenvalue weighted by Crippen LogP contribution is 2.28. The van der Waals surface area contributed by atoms with Crippen molar-refractivity contribution in [2.45, 2.75) is 32.9 Å². The lowest BCUT2D eigenvalue weighted by atomic mass is 10.2. The van der Waals surface area contributed by atoms with Crippen LogP contribution in [-0.4, -0.2) is 52.4 Å². The molecule has 2 aromatic rings. The average Bonchev–Trinajstić information content (AvgIpc) is 3.46. The van der Waals surface area contributed by atoms with Gasteiger partial charge in [-0.15, -0.1) is 34.2 Å². The number of aliphatic imine (C=N–C) groups is 1. The third-order valence-corrected chi connectivity index (χ3v) is 4.82. The summed E-state index contributed by atoms with van der Waals surface area (Å²) in [7, 11) is 4.02. The molecule has 1 aliphatic carbocycles. The maximum atomic E-state index is 5.78. The van der Waals surface area contributed by atoms with E-state index in [1.165, 1.54) is 18.4 Å². The van der Waals surface area contributed by atoms with Gasteiger partial charge in [-0.3, -0.25) is 0 Å². The van der Waals surface area contributed by atoms with E-state index in [1.807, 2.05) is 43.8 Å². The second-order valence-electron chi connectivity index (χ2n) is 7.14. The van der Waals surface area contributed by atoms with E-state index >= 15 is 0 Å². The van der Waals surface area contributed by atoms with Crippen LogP contribution in [0.15, 0.2) is 35.3 Å². The molecule has 0 radical (unpaired) electrons. The summed E-state index contributed by atoms with van der Waals surface area (Å²) in [6.45, 7) is 5.56. The zero-order valence-corrected chi connectivity index (χ0v) is 19.3. The molecule has 8 heteroatoms. The van der Waals surface area contributed by atoms with Crippen molar-refractivity contribution in [1.82, 2.24) is 25.0 Å². The molecule has 1 aliphatic rings. The fourth-order valence-electron chi connectivity index (χ4n) is 2.67. The zero-order chi connectivity index (χ0) is 19.1. The quantitative estimate of drug-likeness (QED) is 0.249. The normalized spacial score (nSPS) is 13.9. The molecule has 1 aromatic heterocycles. The van der Waals surface area contributed by atoms with Gasteiger partial charge in [-0.05, 0) is 31.2 Å². The third kappa shape index (κ3) is 7.05. The number of hydrogen-bond donors (Lipinski definition) is 1. The van der Waals surface area contributed by atoms with Gasteiger partial charge in [-0.1, -0.05) is 30.3 Å². The van der Waals surface area contributed by atoms with Gasteiger partial charge in [-0.2, -0.15) is 0 Å². The number of aryl methyl sites for hydroxylation is 1. The SMILES string of the molecule is Cc1nnc(CNC(=NCc2ccccc2)N(C)CCOCC2CC2)n1C.I. The summed E-state index contributed by atoms with van der Waals surface area (Å²) < 4.78 is 7.76. The van der Waals surface area contributed by atoms with Crippen molar-refractivity contribution in [2.75, 3.05) is 26.8 Å². The number of rotatable bonds is 9. The molecule has 28 heavy (non-hydrogen) atoms. The number of hydrogen-bond acceptors (Lipinski definition) is 4. The van der Waals surface area contributed by atoms with Crippen molar-refractivity contribution in [1.29, 1.82) is 0 Å². The van der Waals surface area contributed by atoms with Gasteiger partial charge in [0.05, 0.1) is 19.7 Å². The van der Waals surface area contributed by atoms with Gasteiger partial charge < -0.3 is 19.5 Å². The Balaban J connectivity index is 0.00000280. The summed E-state index contributed by atoms with van der Waals surface area (Å²) in [5, 5.41) is 11.8. The lowest BCUT2D eigenvalue weighted by Crippen LogP contribution is -2.40. The average molecular weight is 498 g/mol. The molecule has 0 saturated heterocycles. The molecule has 3 rings (SSSR count). The maximum absolute atomic E-state index is 5.78. The van der Waals surface area contributed by atoms with E-state index in [0.29, 0.717) is 19.7 Å². The highest BCUT2D eigenvalue weighted by atomic mass is 127. The number of ether oxygens (including phenoxy) is 1. The van der Waals surface area contributed by atoms with Crippen LogP contribution in [0.3, 0.4) is 0 Å². The number of aromatic nitrogens is 3. The van der Waals surface area contributed by atoms with E-state index in [2.05, 4.69) is 32.5 Å². The molecule has 1 aromatic carbocycles. The van der Waals surface area contributed by atoms with Crippen molar-refractivity contribution in [2.24, 2.45) is 18.0 Å². The van der Waals surface area contributed by atoms with Gasteiger partial charge in [0.15, 0.2) is 11.8 Å². The molecular formula is C20H31IN6O. The van der Waals surface area contributed by atoms with E-state index in [4.69, 9.17) is 9.73 Å². The monoisotopic (exact) mass is 498 g/mol. The van der Waals surface area contributed by atoms with Crippen LogP contribution >= 0.6 is 24.0 Å². The number of guanidine groups is 1. The van der Waals surface area contributed by atoms with Crippen molar-refractivity contribution >= 4 is 29.9 Å². The highest BCUT2D eigenvalue weighted by molar-refractivity contribution is 14.0. The summed E-state index contributed by atoms with van der Waals surface area (Å²) in [5.41, 5.74) is 1.18. The minimum absolute atomic E-state index is 0. The first kappa shape index (κ1) is 22.6. The molecule has 0 atom stereocenters. The summed E-state index contributed by atoms with van der Waals surface area (Å²) in [6.07, 6.45) is 2.64. The van der Waals surface area contributed by atoms with E-state index in [0.717, 1.165) is 36.7 Å². The standard InChI is InChI=1S/C20H30N6O.HI/c1-16-23-24-19(26(16)3)14-22-20(21-13-17-7-5-4-6-8-17)25(2)11-12-27-15-18-9-10-18;/h4-8,18H,9-15H2,1-3H3,(H,21,22);1H. The van der Waals surface area contributed by atoms with Crippen molar-refractivity contribution in [3.8, 4) is 0 Å². The lowest BCUT2D eigenvalue weighted by Gasteiger charge is -2.22. The van der Waals surface area contributed by atoms with Gasteiger partial charge in [0, 0.05) is 27.2 Å². The number of nitrogens with zero attached hydrogens (tertiary/aromatic N) is 5. The van der Waals surface area contributed by atoms with Crippen LogP contribution in [0.4, 0.5) is 0 Å². The smallest absolute Gasteiger partial charge is 0.194 e. The first-order valence-electron chi connectivity index (χ1n) is 9.59. The molecule has 1 heterocycles. The Bertz CT molecular complexity index is 744. The Kier molecular flexibility index (Phi) is 9.17. The van der Waals surface area contributed by atoms with Gasteiger partial charge >= 0.3 is 0 Å². The second-order valence-corrected chi connectivity index (χ2v) is 7.14. The second kappa shape index (κ2) is 11.4. The molecule has 0 spiro atoms.